The van der Waals surface area contributed by atoms with Crippen LogP contribution < -0.4 is 0 Å². The summed E-state index contributed by atoms with van der Waals surface area (Å²) in [5.74, 6) is -2.81. The zero-order valence-electron chi connectivity index (χ0n) is 12.2. The zero-order chi connectivity index (χ0) is 16.0. The minimum atomic E-state index is -3.44. The molecule has 0 fully saturated rings. The smallest absolute Gasteiger partial charge is 0.324 e. The lowest BCUT2D eigenvalue weighted by Crippen LogP contribution is -2.26. The Labute approximate surface area is 124 Å². The maximum absolute atomic E-state index is 11.9. The highest BCUT2D eigenvalue weighted by molar-refractivity contribution is 7.90. The molecule has 1 aromatic rings. The summed E-state index contributed by atoms with van der Waals surface area (Å²) in [6.07, 6.45) is 1.05. The third-order valence-corrected chi connectivity index (χ3v) is 3.77. The highest BCUT2D eigenvalue weighted by atomic mass is 32.2. The van der Waals surface area contributed by atoms with E-state index < -0.39 is 27.7 Å². The van der Waals surface area contributed by atoms with Crippen LogP contribution in [0.4, 0.5) is 0 Å². The monoisotopic (exact) mass is 314 g/mol. The predicted octanol–water partition coefficient (Wildman–Crippen LogP) is 1.30. The second kappa shape index (κ2) is 7.21. The number of hydrogen-bond acceptors (Lipinski definition) is 6. The van der Waals surface area contributed by atoms with Gasteiger partial charge in [0, 0.05) is 6.26 Å². The molecule has 6 nitrogen and oxygen atoms in total. The van der Waals surface area contributed by atoms with E-state index in [0.29, 0.717) is 0 Å². The normalized spacial score (nSPS) is 11.2. The quantitative estimate of drug-likeness (QED) is 0.581. The van der Waals surface area contributed by atoms with Gasteiger partial charge in [0.05, 0.1) is 18.1 Å². The molecule has 0 aliphatic heterocycles. The molecular formula is C14H18O6S. The van der Waals surface area contributed by atoms with Crippen LogP contribution in [0.15, 0.2) is 29.2 Å². The first kappa shape index (κ1) is 17.2. The van der Waals surface area contributed by atoms with E-state index in [1.807, 2.05) is 0 Å². The fraction of sp³-hybridized carbons (Fsp3) is 0.429. The molecule has 0 radical (unpaired) electrons. The molecule has 0 bridgehead atoms. The van der Waals surface area contributed by atoms with Crippen LogP contribution in [0.3, 0.4) is 0 Å². The van der Waals surface area contributed by atoms with Crippen molar-refractivity contribution in [2.24, 2.45) is 0 Å². The van der Waals surface area contributed by atoms with E-state index in [1.165, 1.54) is 24.3 Å². The Hall–Kier alpha value is -1.89. The Morgan fingerprint density at radius 3 is 2.05 bits per heavy atom. The average Bonchev–Trinajstić information content (AvgIpc) is 2.39. The molecular weight excluding hydrogens is 296 g/mol. The number of ether oxygens (including phenoxy) is 2. The van der Waals surface area contributed by atoms with Gasteiger partial charge in [-0.2, -0.15) is 0 Å². The van der Waals surface area contributed by atoms with E-state index in [4.69, 9.17) is 9.47 Å². The van der Waals surface area contributed by atoms with Crippen LogP contribution in [0.1, 0.15) is 25.3 Å². The van der Waals surface area contributed by atoms with Crippen molar-refractivity contribution in [2.45, 2.75) is 24.7 Å². The van der Waals surface area contributed by atoms with Crippen LogP contribution in [0, 0.1) is 0 Å². The number of sulfone groups is 1. The van der Waals surface area contributed by atoms with Crippen LogP contribution in [0.5, 0.6) is 0 Å². The van der Waals surface area contributed by atoms with E-state index in [1.54, 1.807) is 13.8 Å². The second-order valence-corrected chi connectivity index (χ2v) is 6.30. The Morgan fingerprint density at radius 2 is 1.62 bits per heavy atom. The Bertz CT molecular complexity index is 602. The van der Waals surface area contributed by atoms with Crippen LogP contribution in [-0.4, -0.2) is 39.8 Å². The molecule has 1 aromatic carbocycles. The van der Waals surface area contributed by atoms with Gasteiger partial charge in [0.1, 0.15) is 0 Å². The van der Waals surface area contributed by atoms with E-state index in [2.05, 4.69) is 0 Å². The highest BCUT2D eigenvalue weighted by Crippen LogP contribution is 2.22. The van der Waals surface area contributed by atoms with Crippen LogP contribution in [0.2, 0.25) is 0 Å². The lowest BCUT2D eigenvalue weighted by atomic mass is 9.99. The predicted molar refractivity (Wildman–Crippen MR) is 75.6 cm³/mol. The molecule has 0 aliphatic rings. The van der Waals surface area contributed by atoms with Crippen molar-refractivity contribution in [3.63, 3.8) is 0 Å². The summed E-state index contributed by atoms with van der Waals surface area (Å²) in [5, 5.41) is 0. The van der Waals surface area contributed by atoms with Crippen molar-refractivity contribution in [1.82, 2.24) is 0 Å². The van der Waals surface area contributed by atoms with Crippen LogP contribution in [0.25, 0.3) is 0 Å². The number of carbonyl (C=O) groups excluding carboxylic acids is 2. The molecule has 0 aliphatic carbocycles. The standard InChI is InChI=1S/C14H18O6S/c1-4-19-13(15)12(14(16)20-5-2)10-7-6-8-11(9-10)21(3,17)18/h6-9,12H,4-5H2,1-3H3. The molecule has 0 N–H and O–H groups in total. The van der Waals surface area contributed by atoms with Gasteiger partial charge in [-0.15, -0.1) is 0 Å². The molecule has 0 atom stereocenters. The molecule has 116 valence electrons. The van der Waals surface area contributed by atoms with Crippen molar-refractivity contribution >= 4 is 21.8 Å². The van der Waals surface area contributed by atoms with Crippen molar-refractivity contribution < 1.29 is 27.5 Å². The molecule has 0 saturated carbocycles. The Kier molecular flexibility index (Phi) is 5.90. The van der Waals surface area contributed by atoms with E-state index in [-0.39, 0.29) is 23.7 Å². The molecule has 0 amide bonds. The zero-order valence-corrected chi connectivity index (χ0v) is 13.0. The summed E-state index contributed by atoms with van der Waals surface area (Å²) in [7, 11) is -3.44. The SMILES string of the molecule is CCOC(=O)C(C(=O)OCC)c1cccc(S(C)(=O)=O)c1. The first-order chi connectivity index (χ1) is 9.81. The van der Waals surface area contributed by atoms with Gasteiger partial charge in [0.15, 0.2) is 15.8 Å². The molecule has 0 unspecified atom stereocenters. The number of esters is 2. The van der Waals surface area contributed by atoms with Crippen LogP contribution in [-0.2, 0) is 28.9 Å². The number of benzene rings is 1. The van der Waals surface area contributed by atoms with Crippen molar-refractivity contribution in [1.29, 1.82) is 0 Å². The Balaban J connectivity index is 3.26. The maximum atomic E-state index is 11.9. The Morgan fingerprint density at radius 1 is 1.10 bits per heavy atom. The van der Waals surface area contributed by atoms with Gasteiger partial charge in [-0.25, -0.2) is 8.42 Å². The highest BCUT2D eigenvalue weighted by Gasteiger charge is 2.32. The van der Waals surface area contributed by atoms with E-state index in [0.717, 1.165) is 6.26 Å². The third kappa shape index (κ3) is 4.56. The van der Waals surface area contributed by atoms with Gasteiger partial charge in [0.25, 0.3) is 0 Å². The minimum Gasteiger partial charge on any atom is -0.465 e. The molecule has 0 aromatic heterocycles. The second-order valence-electron chi connectivity index (χ2n) is 4.28. The largest absolute Gasteiger partial charge is 0.465 e. The lowest BCUT2D eigenvalue weighted by Gasteiger charge is -2.15. The average molecular weight is 314 g/mol. The van der Waals surface area contributed by atoms with Crippen LogP contribution >= 0.6 is 0 Å². The van der Waals surface area contributed by atoms with Gasteiger partial charge >= 0.3 is 11.9 Å². The van der Waals surface area contributed by atoms with E-state index in [9.17, 15) is 18.0 Å². The van der Waals surface area contributed by atoms with Crippen molar-refractivity contribution in [2.75, 3.05) is 19.5 Å². The minimum absolute atomic E-state index is 0.0265. The molecule has 7 heteroatoms. The van der Waals surface area contributed by atoms with Gasteiger partial charge in [-0.1, -0.05) is 12.1 Å². The van der Waals surface area contributed by atoms with E-state index >= 15 is 0 Å². The third-order valence-electron chi connectivity index (χ3n) is 2.66. The number of rotatable bonds is 6. The number of hydrogen-bond donors (Lipinski definition) is 0. The molecule has 0 heterocycles. The molecule has 1 rings (SSSR count). The first-order valence-corrected chi connectivity index (χ1v) is 8.33. The van der Waals surface area contributed by atoms with Gasteiger partial charge in [-0.3, -0.25) is 9.59 Å². The number of carbonyl (C=O) groups is 2. The fourth-order valence-corrected chi connectivity index (χ4v) is 2.42. The van der Waals surface area contributed by atoms with Gasteiger partial charge < -0.3 is 9.47 Å². The summed E-state index contributed by atoms with van der Waals surface area (Å²) < 4.78 is 32.9. The summed E-state index contributed by atoms with van der Waals surface area (Å²) in [6.45, 7) is 3.46. The van der Waals surface area contributed by atoms with Gasteiger partial charge in [0.2, 0.25) is 0 Å². The topological polar surface area (TPSA) is 86.7 Å². The summed E-state index contributed by atoms with van der Waals surface area (Å²) in [4.78, 5) is 23.9. The maximum Gasteiger partial charge on any atom is 0.324 e. The molecule has 21 heavy (non-hydrogen) atoms. The fourth-order valence-electron chi connectivity index (χ4n) is 1.74. The molecule has 0 spiro atoms. The summed E-state index contributed by atoms with van der Waals surface area (Å²) in [5.41, 5.74) is 0.231. The lowest BCUT2D eigenvalue weighted by molar-refractivity contribution is -0.156. The van der Waals surface area contributed by atoms with Crippen molar-refractivity contribution in [3.8, 4) is 0 Å². The van der Waals surface area contributed by atoms with Crippen molar-refractivity contribution in [3.05, 3.63) is 29.8 Å². The molecule has 0 saturated heterocycles. The van der Waals surface area contributed by atoms with Gasteiger partial charge in [-0.05, 0) is 31.5 Å². The first-order valence-electron chi connectivity index (χ1n) is 6.44. The summed E-state index contributed by atoms with van der Waals surface area (Å²) >= 11 is 0. The summed E-state index contributed by atoms with van der Waals surface area (Å²) in [6, 6.07) is 5.64.